The highest BCUT2D eigenvalue weighted by atomic mass is 32.1. The molecular formula is C14H16N4O2S. The Kier molecular flexibility index (Phi) is 3.50. The molecular weight excluding hydrogens is 288 g/mol. The topological polar surface area (TPSA) is 88.3 Å². The van der Waals surface area contributed by atoms with Crippen LogP contribution in [0.4, 0.5) is 5.69 Å². The maximum atomic E-state index is 12.6. The first-order chi connectivity index (χ1) is 10.1. The van der Waals surface area contributed by atoms with Gasteiger partial charge in [-0.2, -0.15) is 0 Å². The van der Waals surface area contributed by atoms with Crippen molar-refractivity contribution in [2.24, 2.45) is 0 Å². The van der Waals surface area contributed by atoms with Crippen LogP contribution in [0.15, 0.2) is 12.1 Å². The first-order valence-electron chi connectivity index (χ1n) is 6.78. The fraction of sp³-hybridized carbons (Fsp3) is 0.357. The lowest BCUT2D eigenvalue weighted by Crippen LogP contribution is -2.34. The van der Waals surface area contributed by atoms with E-state index in [0.29, 0.717) is 36.6 Å². The number of aromatic nitrogens is 1. The van der Waals surface area contributed by atoms with Gasteiger partial charge < -0.3 is 16.0 Å². The van der Waals surface area contributed by atoms with Gasteiger partial charge in [0.15, 0.2) is 0 Å². The van der Waals surface area contributed by atoms with Crippen LogP contribution in [-0.4, -0.2) is 41.3 Å². The lowest BCUT2D eigenvalue weighted by atomic mass is 10.2. The van der Waals surface area contributed by atoms with Gasteiger partial charge in [-0.05, 0) is 19.1 Å². The van der Waals surface area contributed by atoms with E-state index < -0.39 is 0 Å². The number of nitrogens with one attached hydrogen (secondary N) is 1. The van der Waals surface area contributed by atoms with E-state index in [4.69, 9.17) is 5.73 Å². The second kappa shape index (κ2) is 5.33. The highest BCUT2D eigenvalue weighted by Gasteiger charge is 2.24. The molecule has 6 nitrogen and oxygen atoms in total. The number of aryl methyl sites for hydroxylation is 1. The highest BCUT2D eigenvalue weighted by molar-refractivity contribution is 7.21. The monoisotopic (exact) mass is 304 g/mol. The zero-order valence-electron chi connectivity index (χ0n) is 11.7. The van der Waals surface area contributed by atoms with Crippen molar-refractivity contribution in [3.05, 3.63) is 22.7 Å². The summed E-state index contributed by atoms with van der Waals surface area (Å²) in [7, 11) is 0. The number of nitrogen functional groups attached to an aromatic ring is 1. The molecule has 0 bridgehead atoms. The van der Waals surface area contributed by atoms with Gasteiger partial charge >= 0.3 is 0 Å². The van der Waals surface area contributed by atoms with Gasteiger partial charge in [0.25, 0.3) is 5.91 Å². The minimum absolute atomic E-state index is 0.0214. The molecule has 0 saturated carbocycles. The molecule has 0 radical (unpaired) electrons. The lowest BCUT2D eigenvalue weighted by molar-refractivity contribution is -0.120. The molecule has 0 unspecified atom stereocenters. The molecule has 1 fully saturated rings. The van der Waals surface area contributed by atoms with Crippen LogP contribution in [0.5, 0.6) is 0 Å². The summed E-state index contributed by atoms with van der Waals surface area (Å²) in [5.74, 6) is -0.142. The number of amides is 2. The number of thiophene rings is 1. The summed E-state index contributed by atoms with van der Waals surface area (Å²) >= 11 is 1.31. The maximum Gasteiger partial charge on any atom is 0.266 e. The molecule has 3 rings (SSSR count). The van der Waals surface area contributed by atoms with Gasteiger partial charge in [-0.25, -0.2) is 4.98 Å². The highest BCUT2D eigenvalue weighted by Crippen LogP contribution is 2.33. The Morgan fingerprint density at radius 2 is 2.24 bits per heavy atom. The van der Waals surface area contributed by atoms with Crippen LogP contribution in [0.1, 0.15) is 21.8 Å². The van der Waals surface area contributed by atoms with Crippen LogP contribution in [0.25, 0.3) is 10.2 Å². The van der Waals surface area contributed by atoms with Gasteiger partial charge in [-0.1, -0.05) is 0 Å². The molecule has 2 aromatic rings. The average molecular weight is 304 g/mol. The van der Waals surface area contributed by atoms with Crippen LogP contribution >= 0.6 is 11.3 Å². The van der Waals surface area contributed by atoms with Crippen molar-refractivity contribution in [2.45, 2.75) is 13.3 Å². The number of carbonyl (C=O) groups excluding carboxylic acids is 2. The van der Waals surface area contributed by atoms with Crippen LogP contribution in [0.3, 0.4) is 0 Å². The Labute approximate surface area is 125 Å². The second-order valence-electron chi connectivity index (χ2n) is 5.04. The summed E-state index contributed by atoms with van der Waals surface area (Å²) in [5, 5.41) is 3.57. The van der Waals surface area contributed by atoms with Gasteiger partial charge in [0, 0.05) is 37.1 Å². The van der Waals surface area contributed by atoms with Crippen molar-refractivity contribution >= 4 is 39.1 Å². The Morgan fingerprint density at radius 3 is 3.05 bits per heavy atom. The number of fused-ring (bicyclic) bond motifs is 1. The molecule has 7 heteroatoms. The summed E-state index contributed by atoms with van der Waals surface area (Å²) in [6.07, 6.45) is 0.327. The fourth-order valence-electron chi connectivity index (χ4n) is 2.36. The van der Waals surface area contributed by atoms with Crippen molar-refractivity contribution in [3.8, 4) is 0 Å². The smallest absolute Gasteiger partial charge is 0.266 e. The molecule has 0 atom stereocenters. The minimum atomic E-state index is -0.121. The Morgan fingerprint density at radius 1 is 1.43 bits per heavy atom. The van der Waals surface area contributed by atoms with E-state index in [0.717, 1.165) is 15.9 Å². The molecule has 0 aromatic carbocycles. The predicted molar refractivity (Wildman–Crippen MR) is 82.3 cm³/mol. The first-order valence-corrected chi connectivity index (χ1v) is 7.59. The Balaban J connectivity index is 1.94. The quantitative estimate of drug-likeness (QED) is 0.827. The van der Waals surface area contributed by atoms with Crippen molar-refractivity contribution in [3.63, 3.8) is 0 Å². The molecule has 1 aliphatic heterocycles. The third kappa shape index (κ3) is 2.56. The molecule has 1 aliphatic rings. The van der Waals surface area contributed by atoms with Gasteiger partial charge in [-0.3, -0.25) is 9.59 Å². The lowest BCUT2D eigenvalue weighted by Gasteiger charge is -2.18. The molecule has 0 aliphatic carbocycles. The van der Waals surface area contributed by atoms with Crippen molar-refractivity contribution in [1.29, 1.82) is 0 Å². The van der Waals surface area contributed by atoms with Gasteiger partial charge in [0.05, 0.1) is 5.69 Å². The fourth-order valence-corrected chi connectivity index (χ4v) is 3.47. The minimum Gasteiger partial charge on any atom is -0.397 e. The normalized spacial score (nSPS) is 15.9. The molecule has 0 spiro atoms. The van der Waals surface area contributed by atoms with E-state index in [9.17, 15) is 9.59 Å². The molecule has 2 aromatic heterocycles. The first kappa shape index (κ1) is 13.8. The number of rotatable bonds is 1. The zero-order valence-corrected chi connectivity index (χ0v) is 12.5. The third-order valence-corrected chi connectivity index (χ3v) is 4.63. The summed E-state index contributed by atoms with van der Waals surface area (Å²) < 4.78 is 0. The van der Waals surface area contributed by atoms with Crippen LogP contribution in [-0.2, 0) is 4.79 Å². The van der Waals surface area contributed by atoms with E-state index >= 15 is 0 Å². The SMILES string of the molecule is Cc1ccc2c(N)c(C(=O)N3CCNC(=O)CC3)sc2n1. The molecule has 1 saturated heterocycles. The van der Waals surface area contributed by atoms with Crippen LogP contribution < -0.4 is 11.1 Å². The van der Waals surface area contributed by atoms with Gasteiger partial charge in [0.1, 0.15) is 9.71 Å². The zero-order chi connectivity index (χ0) is 15.0. The molecule has 3 N–H and O–H groups in total. The molecule has 21 heavy (non-hydrogen) atoms. The molecule has 3 heterocycles. The van der Waals surface area contributed by atoms with Crippen molar-refractivity contribution in [2.75, 3.05) is 25.4 Å². The second-order valence-corrected chi connectivity index (χ2v) is 6.04. The number of nitrogens with two attached hydrogens (primary N) is 1. The number of anilines is 1. The number of hydrogen-bond acceptors (Lipinski definition) is 5. The van der Waals surface area contributed by atoms with E-state index in [2.05, 4.69) is 10.3 Å². The average Bonchev–Trinajstić information content (AvgIpc) is 2.63. The number of hydrogen-bond donors (Lipinski definition) is 2. The number of carbonyl (C=O) groups is 2. The summed E-state index contributed by atoms with van der Waals surface area (Å²) in [6.45, 7) is 3.31. The van der Waals surface area contributed by atoms with E-state index in [1.807, 2.05) is 19.1 Å². The predicted octanol–water partition coefficient (Wildman–Crippen LogP) is 1.15. The summed E-state index contributed by atoms with van der Waals surface area (Å²) in [6, 6.07) is 3.78. The Hall–Kier alpha value is -2.15. The van der Waals surface area contributed by atoms with Gasteiger partial charge in [-0.15, -0.1) is 11.3 Å². The number of pyridine rings is 1. The van der Waals surface area contributed by atoms with Crippen LogP contribution in [0, 0.1) is 6.92 Å². The summed E-state index contributed by atoms with van der Waals surface area (Å²) in [5.41, 5.74) is 7.48. The van der Waals surface area contributed by atoms with E-state index in [-0.39, 0.29) is 11.8 Å². The van der Waals surface area contributed by atoms with Gasteiger partial charge in [0.2, 0.25) is 5.91 Å². The number of nitrogens with zero attached hydrogens (tertiary/aromatic N) is 2. The largest absolute Gasteiger partial charge is 0.397 e. The van der Waals surface area contributed by atoms with E-state index in [1.54, 1.807) is 4.90 Å². The standard InChI is InChI=1S/C14H16N4O2S/c1-8-2-3-9-11(15)12(21-13(9)17-8)14(20)18-6-4-10(19)16-5-7-18/h2-3H,4-7,15H2,1H3,(H,16,19). The van der Waals surface area contributed by atoms with Crippen molar-refractivity contribution in [1.82, 2.24) is 15.2 Å². The molecule has 2 amide bonds. The van der Waals surface area contributed by atoms with Crippen molar-refractivity contribution < 1.29 is 9.59 Å². The third-order valence-electron chi connectivity index (χ3n) is 3.53. The summed E-state index contributed by atoms with van der Waals surface area (Å²) in [4.78, 5) is 31.4. The Bertz CT molecular complexity index is 725. The van der Waals surface area contributed by atoms with Crippen LogP contribution in [0.2, 0.25) is 0 Å². The maximum absolute atomic E-state index is 12.6. The van der Waals surface area contributed by atoms with E-state index in [1.165, 1.54) is 11.3 Å². The molecule has 110 valence electrons.